The Morgan fingerprint density at radius 2 is 1.71 bits per heavy atom. The fourth-order valence-corrected chi connectivity index (χ4v) is 7.21. The number of fused-ring (bicyclic) bond motifs is 3. The molecule has 3 N–H and O–H groups in total. The summed E-state index contributed by atoms with van der Waals surface area (Å²) in [5, 5.41) is 33.1. The van der Waals surface area contributed by atoms with Gasteiger partial charge in [0.05, 0.1) is 29.5 Å². The van der Waals surface area contributed by atoms with E-state index >= 15 is 0 Å². The van der Waals surface area contributed by atoms with Crippen LogP contribution in [0.25, 0.3) is 0 Å². The Hall–Kier alpha value is -0.680. The molecule has 2 aliphatic carbocycles. The average Bonchev–Trinajstić information content (AvgIpc) is 2.63. The number of hydrogen-bond donors (Lipinski definition) is 3. The van der Waals surface area contributed by atoms with E-state index in [-0.39, 0.29) is 23.0 Å². The first-order chi connectivity index (χ1) is 12.8. The zero-order valence-corrected chi connectivity index (χ0v) is 18.4. The van der Waals surface area contributed by atoms with Crippen LogP contribution in [0.2, 0.25) is 0 Å². The minimum absolute atomic E-state index is 0.0423. The summed E-state index contributed by atoms with van der Waals surface area (Å²) in [5.41, 5.74) is -3.07. The van der Waals surface area contributed by atoms with Crippen LogP contribution < -0.4 is 0 Å². The number of aliphatic hydroxyl groups is 3. The fraction of sp³-hybridized carbons (Fsp3) is 0.833. The maximum absolute atomic E-state index is 11.5. The molecule has 0 amide bonds. The Kier molecular flexibility index (Phi) is 5.24. The predicted octanol–water partition coefficient (Wildman–Crippen LogP) is 3.99. The highest BCUT2D eigenvalue weighted by Gasteiger charge is 2.70. The van der Waals surface area contributed by atoms with Gasteiger partial charge in [-0.1, -0.05) is 32.9 Å². The highest BCUT2D eigenvalue weighted by molar-refractivity contribution is 5.25. The van der Waals surface area contributed by atoms with Crippen LogP contribution in [-0.2, 0) is 4.74 Å². The molecule has 0 aromatic rings. The van der Waals surface area contributed by atoms with Crippen LogP contribution in [0.15, 0.2) is 25.3 Å². The lowest BCUT2D eigenvalue weighted by molar-refractivity contribution is -0.287. The SMILES string of the molecule is C=CC(O)C1(C)C(O)(C=C)CCC2C3(C)CCC(C(C)(C)O)OC3CCC21C. The molecule has 3 aliphatic rings. The Morgan fingerprint density at radius 1 is 1.07 bits per heavy atom. The van der Waals surface area contributed by atoms with Crippen molar-refractivity contribution in [2.24, 2.45) is 22.2 Å². The molecule has 0 spiro atoms. The van der Waals surface area contributed by atoms with Crippen molar-refractivity contribution in [3.63, 3.8) is 0 Å². The molecular weight excluding hydrogens is 352 g/mol. The second-order valence-electron chi connectivity index (χ2n) is 10.9. The second-order valence-corrected chi connectivity index (χ2v) is 10.9. The molecule has 160 valence electrons. The average molecular weight is 393 g/mol. The van der Waals surface area contributed by atoms with Gasteiger partial charge >= 0.3 is 0 Å². The van der Waals surface area contributed by atoms with Crippen molar-refractivity contribution in [2.45, 2.75) is 103 Å². The van der Waals surface area contributed by atoms with E-state index in [1.165, 1.54) is 0 Å². The van der Waals surface area contributed by atoms with Crippen LogP contribution in [0.1, 0.15) is 73.1 Å². The van der Waals surface area contributed by atoms with Gasteiger partial charge in [0.25, 0.3) is 0 Å². The van der Waals surface area contributed by atoms with Crippen molar-refractivity contribution >= 4 is 0 Å². The molecule has 4 nitrogen and oxygen atoms in total. The molecule has 28 heavy (non-hydrogen) atoms. The summed E-state index contributed by atoms with van der Waals surface area (Å²) in [6, 6.07) is 0. The maximum Gasteiger partial charge on any atom is 0.0911 e. The smallest absolute Gasteiger partial charge is 0.0911 e. The molecule has 4 heteroatoms. The van der Waals surface area contributed by atoms with Gasteiger partial charge in [-0.3, -0.25) is 0 Å². The van der Waals surface area contributed by atoms with Crippen molar-refractivity contribution in [3.8, 4) is 0 Å². The number of rotatable bonds is 4. The largest absolute Gasteiger partial charge is 0.388 e. The summed E-state index contributed by atoms with van der Waals surface area (Å²) in [6.45, 7) is 18.0. The predicted molar refractivity (Wildman–Crippen MR) is 112 cm³/mol. The summed E-state index contributed by atoms with van der Waals surface area (Å²) < 4.78 is 6.47. The van der Waals surface area contributed by atoms with Crippen LogP contribution in [0.4, 0.5) is 0 Å². The summed E-state index contributed by atoms with van der Waals surface area (Å²) in [4.78, 5) is 0. The third-order valence-electron chi connectivity index (χ3n) is 9.34. The van der Waals surface area contributed by atoms with E-state index < -0.39 is 22.7 Å². The van der Waals surface area contributed by atoms with E-state index in [2.05, 4.69) is 27.0 Å². The van der Waals surface area contributed by atoms with E-state index in [1.54, 1.807) is 12.2 Å². The lowest BCUT2D eigenvalue weighted by atomic mass is 9.37. The van der Waals surface area contributed by atoms with Crippen molar-refractivity contribution in [1.29, 1.82) is 0 Å². The first-order valence-corrected chi connectivity index (χ1v) is 10.8. The Balaban J connectivity index is 2.03. The first-order valence-electron chi connectivity index (χ1n) is 10.8. The zero-order valence-electron chi connectivity index (χ0n) is 18.4. The van der Waals surface area contributed by atoms with Crippen LogP contribution in [0.3, 0.4) is 0 Å². The molecular formula is C24H40O4. The highest BCUT2D eigenvalue weighted by Crippen LogP contribution is 2.70. The molecule has 2 saturated carbocycles. The minimum Gasteiger partial charge on any atom is -0.388 e. The monoisotopic (exact) mass is 392 g/mol. The van der Waals surface area contributed by atoms with Crippen LogP contribution in [0, 0.1) is 22.2 Å². The summed E-state index contributed by atoms with van der Waals surface area (Å²) >= 11 is 0. The van der Waals surface area contributed by atoms with Gasteiger partial charge in [-0.05, 0) is 69.1 Å². The Bertz CT molecular complexity index is 639. The van der Waals surface area contributed by atoms with Crippen LogP contribution in [0.5, 0.6) is 0 Å². The van der Waals surface area contributed by atoms with Crippen molar-refractivity contribution in [2.75, 3.05) is 0 Å². The zero-order chi connectivity index (χ0) is 21.2. The molecule has 0 aromatic carbocycles. The minimum atomic E-state index is -1.14. The van der Waals surface area contributed by atoms with E-state index in [1.807, 2.05) is 20.8 Å². The lowest BCUT2D eigenvalue weighted by Gasteiger charge is -2.70. The van der Waals surface area contributed by atoms with Gasteiger partial charge in [-0.2, -0.15) is 0 Å². The normalized spacial score (nSPS) is 50.2. The van der Waals surface area contributed by atoms with E-state index in [0.717, 1.165) is 32.1 Å². The molecule has 8 atom stereocenters. The van der Waals surface area contributed by atoms with Gasteiger partial charge in [0.2, 0.25) is 0 Å². The quantitative estimate of drug-likeness (QED) is 0.633. The van der Waals surface area contributed by atoms with Gasteiger partial charge in [0.15, 0.2) is 0 Å². The number of hydrogen-bond acceptors (Lipinski definition) is 4. The topological polar surface area (TPSA) is 69.9 Å². The Morgan fingerprint density at radius 3 is 2.25 bits per heavy atom. The van der Waals surface area contributed by atoms with Crippen molar-refractivity contribution in [1.82, 2.24) is 0 Å². The van der Waals surface area contributed by atoms with E-state index in [4.69, 9.17) is 4.74 Å². The molecule has 0 radical (unpaired) electrons. The van der Waals surface area contributed by atoms with Gasteiger partial charge in [-0.25, -0.2) is 0 Å². The molecule has 3 fully saturated rings. The first kappa shape index (κ1) is 22.0. The molecule has 8 unspecified atom stereocenters. The number of ether oxygens (including phenoxy) is 1. The van der Waals surface area contributed by atoms with Gasteiger partial charge in [0.1, 0.15) is 0 Å². The van der Waals surface area contributed by atoms with Gasteiger partial charge < -0.3 is 20.1 Å². The molecule has 1 heterocycles. The second kappa shape index (κ2) is 6.66. The molecule has 0 bridgehead atoms. The van der Waals surface area contributed by atoms with Crippen molar-refractivity contribution in [3.05, 3.63) is 25.3 Å². The van der Waals surface area contributed by atoms with Crippen LogP contribution >= 0.6 is 0 Å². The molecule has 3 rings (SSSR count). The van der Waals surface area contributed by atoms with Gasteiger partial charge in [-0.15, -0.1) is 13.2 Å². The van der Waals surface area contributed by atoms with Crippen molar-refractivity contribution < 1.29 is 20.1 Å². The molecule has 0 aromatic heterocycles. The summed E-state index contributed by atoms with van der Waals surface area (Å²) in [5.74, 6) is 0.307. The molecule has 1 aliphatic heterocycles. The van der Waals surface area contributed by atoms with E-state index in [0.29, 0.717) is 12.3 Å². The van der Waals surface area contributed by atoms with Crippen LogP contribution in [-0.4, -0.2) is 44.8 Å². The molecule has 1 saturated heterocycles. The summed E-state index contributed by atoms with van der Waals surface area (Å²) in [6.07, 6.45) is 7.32. The number of aliphatic hydroxyl groups excluding tert-OH is 1. The Labute approximate surface area is 170 Å². The fourth-order valence-electron chi connectivity index (χ4n) is 7.21. The van der Waals surface area contributed by atoms with E-state index in [9.17, 15) is 15.3 Å². The lowest BCUT2D eigenvalue weighted by Crippen LogP contribution is -2.70. The maximum atomic E-state index is 11.5. The highest BCUT2D eigenvalue weighted by atomic mass is 16.5. The third kappa shape index (κ3) is 2.71. The third-order valence-corrected chi connectivity index (χ3v) is 9.34. The summed E-state index contributed by atoms with van der Waals surface area (Å²) in [7, 11) is 0. The standard InChI is InChI=1S/C24H40O4/c1-8-17(25)23(7)22(6)14-12-19-21(5,13-11-18(28-19)20(3,4)26)16(22)10-15-24(23,27)9-2/h8-9,16-19,25-27H,1-2,10-15H2,3-7H3. The van der Waals surface area contributed by atoms with Gasteiger partial charge in [0, 0.05) is 5.41 Å².